The summed E-state index contributed by atoms with van der Waals surface area (Å²) in [6, 6.07) is 2.14. The van der Waals surface area contributed by atoms with E-state index < -0.39 is 27.9 Å². The fourth-order valence-electron chi connectivity index (χ4n) is 1.81. The minimum Gasteiger partial charge on any atom is -0.480 e. The monoisotopic (exact) mass is 289 g/mol. The van der Waals surface area contributed by atoms with Crippen molar-refractivity contribution in [3.05, 3.63) is 29.6 Å². The van der Waals surface area contributed by atoms with E-state index >= 15 is 0 Å². The molecule has 1 rings (SSSR count). The van der Waals surface area contributed by atoms with Gasteiger partial charge in [-0.2, -0.15) is 4.31 Å². The Morgan fingerprint density at radius 3 is 2.47 bits per heavy atom. The topological polar surface area (TPSA) is 74.7 Å². The van der Waals surface area contributed by atoms with Gasteiger partial charge in [-0.15, -0.1) is 0 Å². The summed E-state index contributed by atoms with van der Waals surface area (Å²) in [6.45, 7) is 3.05. The molecule has 0 radical (unpaired) electrons. The number of aryl methyl sites for hydroxylation is 1. The molecule has 0 aromatic heterocycles. The summed E-state index contributed by atoms with van der Waals surface area (Å²) in [7, 11) is -2.75. The number of sulfonamides is 1. The first-order chi connectivity index (χ1) is 8.71. The third kappa shape index (κ3) is 3.10. The van der Waals surface area contributed by atoms with Crippen LogP contribution in [0.1, 0.15) is 18.9 Å². The second-order valence-electron chi connectivity index (χ2n) is 4.19. The van der Waals surface area contributed by atoms with E-state index in [1.165, 1.54) is 14.0 Å². The van der Waals surface area contributed by atoms with Crippen molar-refractivity contribution >= 4 is 16.0 Å². The number of likely N-dealkylation sites (N-methyl/N-ethyl adjacent to an activating group) is 1. The van der Waals surface area contributed by atoms with E-state index in [1.54, 1.807) is 6.92 Å². The van der Waals surface area contributed by atoms with Gasteiger partial charge in [0.1, 0.15) is 11.9 Å². The van der Waals surface area contributed by atoms with Crippen molar-refractivity contribution in [2.45, 2.75) is 31.2 Å². The molecular formula is C12H16FNO4S. The number of halogens is 1. The number of carboxylic acids is 1. The molecule has 0 aliphatic carbocycles. The van der Waals surface area contributed by atoms with Crippen LogP contribution in [-0.4, -0.2) is 36.9 Å². The second kappa shape index (κ2) is 5.66. The zero-order valence-electron chi connectivity index (χ0n) is 10.9. The summed E-state index contributed by atoms with van der Waals surface area (Å²) in [5.41, 5.74) is 0.243. The van der Waals surface area contributed by atoms with Crippen LogP contribution in [0.5, 0.6) is 0 Å². The number of benzene rings is 1. The average Bonchev–Trinajstić information content (AvgIpc) is 2.28. The van der Waals surface area contributed by atoms with Crippen LogP contribution in [0.3, 0.4) is 0 Å². The molecule has 0 bridgehead atoms. The molecule has 0 amide bonds. The van der Waals surface area contributed by atoms with Crippen LogP contribution >= 0.6 is 0 Å². The van der Waals surface area contributed by atoms with Crippen molar-refractivity contribution in [2.75, 3.05) is 7.05 Å². The maximum atomic E-state index is 13.0. The summed E-state index contributed by atoms with van der Waals surface area (Å²) in [6.07, 6.45) is 0.144. The zero-order valence-corrected chi connectivity index (χ0v) is 11.7. The van der Waals surface area contributed by atoms with Crippen LogP contribution in [0.25, 0.3) is 0 Å². The Kier molecular flexibility index (Phi) is 4.65. The van der Waals surface area contributed by atoms with Gasteiger partial charge in [0.05, 0.1) is 4.90 Å². The lowest BCUT2D eigenvalue weighted by Crippen LogP contribution is -2.42. The van der Waals surface area contributed by atoms with Gasteiger partial charge in [0.15, 0.2) is 0 Å². The number of hydrogen-bond donors (Lipinski definition) is 1. The van der Waals surface area contributed by atoms with E-state index in [0.717, 1.165) is 22.5 Å². The van der Waals surface area contributed by atoms with E-state index in [4.69, 9.17) is 5.11 Å². The third-order valence-corrected chi connectivity index (χ3v) is 4.93. The fraction of sp³-hybridized carbons (Fsp3) is 0.417. The predicted molar refractivity (Wildman–Crippen MR) is 67.8 cm³/mol. The van der Waals surface area contributed by atoms with Gasteiger partial charge in [-0.3, -0.25) is 4.79 Å². The highest BCUT2D eigenvalue weighted by Gasteiger charge is 2.32. The highest BCUT2D eigenvalue weighted by molar-refractivity contribution is 7.89. The van der Waals surface area contributed by atoms with Crippen molar-refractivity contribution < 1.29 is 22.7 Å². The highest BCUT2D eigenvalue weighted by Crippen LogP contribution is 2.22. The number of rotatable bonds is 5. The number of hydrogen-bond acceptors (Lipinski definition) is 3. The molecule has 19 heavy (non-hydrogen) atoms. The molecule has 1 unspecified atom stereocenters. The molecule has 0 aliphatic rings. The van der Waals surface area contributed by atoms with Crippen LogP contribution in [-0.2, 0) is 14.8 Å². The van der Waals surface area contributed by atoms with Crippen molar-refractivity contribution in [1.82, 2.24) is 4.31 Å². The Hall–Kier alpha value is -1.47. The van der Waals surface area contributed by atoms with Crippen molar-refractivity contribution in [3.8, 4) is 0 Å². The summed E-state index contributed by atoms with van der Waals surface area (Å²) >= 11 is 0. The molecule has 0 heterocycles. The molecule has 5 nitrogen and oxygen atoms in total. The van der Waals surface area contributed by atoms with Crippen molar-refractivity contribution in [2.24, 2.45) is 0 Å². The quantitative estimate of drug-likeness (QED) is 0.893. The van der Waals surface area contributed by atoms with Gasteiger partial charge in [0, 0.05) is 7.05 Å². The minimum atomic E-state index is -3.96. The Morgan fingerprint density at radius 2 is 2.05 bits per heavy atom. The third-order valence-electron chi connectivity index (χ3n) is 2.90. The number of aliphatic carboxylic acids is 1. The van der Waals surface area contributed by atoms with Gasteiger partial charge in [-0.1, -0.05) is 6.92 Å². The predicted octanol–water partition coefficient (Wildman–Crippen LogP) is 1.62. The summed E-state index contributed by atoms with van der Waals surface area (Å²) in [4.78, 5) is 10.9. The summed E-state index contributed by atoms with van der Waals surface area (Å²) < 4.78 is 38.4. The molecule has 1 N–H and O–H groups in total. The van der Waals surface area contributed by atoms with Crippen LogP contribution in [0, 0.1) is 12.7 Å². The average molecular weight is 289 g/mol. The van der Waals surface area contributed by atoms with E-state index in [1.807, 2.05) is 0 Å². The van der Waals surface area contributed by atoms with Gasteiger partial charge >= 0.3 is 5.97 Å². The molecule has 1 atom stereocenters. The largest absolute Gasteiger partial charge is 0.480 e. The van der Waals surface area contributed by atoms with E-state index in [9.17, 15) is 17.6 Å². The second-order valence-corrected chi connectivity index (χ2v) is 6.16. The van der Waals surface area contributed by atoms with Crippen LogP contribution in [0.4, 0.5) is 4.39 Å². The number of carbonyl (C=O) groups is 1. The minimum absolute atomic E-state index is 0.0869. The van der Waals surface area contributed by atoms with Crippen LogP contribution < -0.4 is 0 Å². The Bertz CT molecular complexity index is 585. The van der Waals surface area contributed by atoms with E-state index in [2.05, 4.69) is 0 Å². The first kappa shape index (κ1) is 15.6. The molecular weight excluding hydrogens is 273 g/mol. The Labute approximate surface area is 111 Å². The molecule has 7 heteroatoms. The Balaban J connectivity index is 3.27. The molecule has 1 aromatic rings. The maximum absolute atomic E-state index is 13.0. The molecule has 0 aliphatic heterocycles. The molecule has 0 saturated carbocycles. The summed E-state index contributed by atoms with van der Waals surface area (Å²) in [5.74, 6) is -1.75. The lowest BCUT2D eigenvalue weighted by molar-refractivity contribution is -0.141. The van der Waals surface area contributed by atoms with Crippen LogP contribution in [0.2, 0.25) is 0 Å². The standard InChI is InChI=1S/C12H16FNO4S/c1-4-10(12(15)16)14(3)19(17,18)11-6-5-9(13)7-8(11)2/h5-7,10H,4H2,1-3H3,(H,15,16). The lowest BCUT2D eigenvalue weighted by atomic mass is 10.2. The van der Waals surface area contributed by atoms with Gasteiger partial charge in [-0.05, 0) is 37.1 Å². The first-order valence-electron chi connectivity index (χ1n) is 5.68. The molecule has 106 valence electrons. The van der Waals surface area contributed by atoms with Gasteiger partial charge in [0.25, 0.3) is 0 Å². The zero-order chi connectivity index (χ0) is 14.8. The molecule has 1 aromatic carbocycles. The number of carboxylic acid groups (broad SMARTS) is 1. The van der Waals surface area contributed by atoms with Crippen LogP contribution in [0.15, 0.2) is 23.1 Å². The SMILES string of the molecule is CCC(C(=O)O)N(C)S(=O)(=O)c1ccc(F)cc1C. The van der Waals surface area contributed by atoms with Crippen molar-refractivity contribution in [1.29, 1.82) is 0 Å². The van der Waals surface area contributed by atoms with Gasteiger partial charge in [-0.25, -0.2) is 12.8 Å². The molecule has 0 saturated heterocycles. The maximum Gasteiger partial charge on any atom is 0.321 e. The Morgan fingerprint density at radius 1 is 1.47 bits per heavy atom. The summed E-state index contributed by atoms with van der Waals surface area (Å²) in [5, 5.41) is 9.00. The molecule has 0 spiro atoms. The van der Waals surface area contributed by atoms with E-state index in [-0.39, 0.29) is 16.9 Å². The molecule has 0 fully saturated rings. The smallest absolute Gasteiger partial charge is 0.321 e. The van der Waals surface area contributed by atoms with Gasteiger partial charge in [0.2, 0.25) is 10.0 Å². The van der Waals surface area contributed by atoms with Crippen molar-refractivity contribution in [3.63, 3.8) is 0 Å². The van der Waals surface area contributed by atoms with Gasteiger partial charge < -0.3 is 5.11 Å². The highest BCUT2D eigenvalue weighted by atomic mass is 32.2. The normalized spacial score (nSPS) is 13.5. The van der Waals surface area contributed by atoms with E-state index in [0.29, 0.717) is 0 Å². The number of nitrogens with zero attached hydrogens (tertiary/aromatic N) is 1. The lowest BCUT2D eigenvalue weighted by Gasteiger charge is -2.23. The fourth-order valence-corrected chi connectivity index (χ4v) is 3.40. The first-order valence-corrected chi connectivity index (χ1v) is 7.12.